The molecule has 1 spiro atoms. The number of fused-ring (bicyclic) bond motifs is 14. The molecule has 0 aliphatic heterocycles. The Kier molecular flexibility index (Phi) is 5.10. The van der Waals surface area contributed by atoms with Crippen LogP contribution in [-0.2, 0) is 5.41 Å². The van der Waals surface area contributed by atoms with Gasteiger partial charge in [0.1, 0.15) is 0 Å². The molecule has 1 heteroatoms. The van der Waals surface area contributed by atoms with Gasteiger partial charge in [0, 0.05) is 17.1 Å². The minimum absolute atomic E-state index is 0.453. The Morgan fingerprint density at radius 3 is 1.56 bits per heavy atom. The van der Waals surface area contributed by atoms with Crippen LogP contribution in [0.5, 0.6) is 0 Å². The summed E-state index contributed by atoms with van der Waals surface area (Å²) in [4.78, 5) is 2.39. The van der Waals surface area contributed by atoms with Crippen LogP contribution in [0.25, 0.3) is 55.3 Å². The summed E-state index contributed by atoms with van der Waals surface area (Å²) in [6.45, 7) is 0. The molecule has 0 saturated carbocycles. The summed E-state index contributed by atoms with van der Waals surface area (Å²) < 4.78 is 0. The first-order valence-electron chi connectivity index (χ1n) is 16.8. The largest absolute Gasteiger partial charge is 0.310 e. The first kappa shape index (κ1) is 25.9. The van der Waals surface area contributed by atoms with Gasteiger partial charge in [-0.05, 0) is 120 Å². The van der Waals surface area contributed by atoms with Gasteiger partial charge in [0.25, 0.3) is 0 Å². The maximum absolute atomic E-state index is 2.55. The molecule has 3 aliphatic carbocycles. The predicted octanol–water partition coefficient (Wildman–Crippen LogP) is 12.3. The maximum Gasteiger partial charge on any atom is 0.0726 e. The topological polar surface area (TPSA) is 3.24 Å². The highest BCUT2D eigenvalue weighted by Gasteiger charge is 2.52. The first-order chi connectivity index (χ1) is 23.8. The van der Waals surface area contributed by atoms with E-state index in [0.717, 1.165) is 17.1 Å². The van der Waals surface area contributed by atoms with Crippen molar-refractivity contribution in [2.45, 2.75) is 5.41 Å². The minimum Gasteiger partial charge on any atom is -0.310 e. The molecule has 222 valence electrons. The molecule has 8 aromatic carbocycles. The molecule has 1 atom stereocenters. The Labute approximate surface area is 280 Å². The minimum atomic E-state index is -0.453. The number of hydrogen-bond donors (Lipinski definition) is 0. The fraction of sp³-hybridized carbons (Fsp3) is 0.0213. The molecule has 0 aromatic heterocycles. The Morgan fingerprint density at radius 1 is 0.312 bits per heavy atom. The molecular formula is C47H29N. The van der Waals surface area contributed by atoms with E-state index in [1.165, 1.54) is 77.5 Å². The molecule has 0 radical (unpaired) electrons. The smallest absolute Gasteiger partial charge is 0.0726 e. The van der Waals surface area contributed by atoms with Gasteiger partial charge >= 0.3 is 0 Å². The summed E-state index contributed by atoms with van der Waals surface area (Å²) in [5.74, 6) is 0. The second-order valence-corrected chi connectivity index (χ2v) is 13.2. The summed E-state index contributed by atoms with van der Waals surface area (Å²) >= 11 is 0. The van der Waals surface area contributed by atoms with E-state index >= 15 is 0 Å². The molecule has 1 unspecified atom stereocenters. The van der Waals surface area contributed by atoms with Crippen molar-refractivity contribution in [1.82, 2.24) is 0 Å². The standard InChI is InChI=1S/C47H29N/c1-3-14-30(15-4-1)48(31-16-5-2-6-17-31)32-26-27-36-35-20-9-11-24-41(35)47(43(36)28-32)42-25-12-10-21-38(42)46-39-23-13-22-37-33-18-7-8-19-34(33)40(45(37)39)29-44(46)47/h1-29H. The number of hydrogen-bond acceptors (Lipinski definition) is 1. The van der Waals surface area contributed by atoms with E-state index in [1.54, 1.807) is 0 Å². The summed E-state index contributed by atoms with van der Waals surface area (Å²) in [6.07, 6.45) is 0. The summed E-state index contributed by atoms with van der Waals surface area (Å²) in [6, 6.07) is 65.3. The van der Waals surface area contributed by atoms with Crippen molar-refractivity contribution in [3.8, 4) is 44.5 Å². The quantitative estimate of drug-likeness (QED) is 0.193. The number of benzene rings is 8. The zero-order valence-electron chi connectivity index (χ0n) is 26.2. The van der Waals surface area contributed by atoms with Crippen molar-refractivity contribution in [1.29, 1.82) is 0 Å². The Bertz CT molecular complexity index is 2580. The van der Waals surface area contributed by atoms with Crippen molar-refractivity contribution in [3.05, 3.63) is 198 Å². The van der Waals surface area contributed by atoms with Crippen molar-refractivity contribution in [2.24, 2.45) is 0 Å². The third kappa shape index (κ3) is 3.16. The van der Waals surface area contributed by atoms with Gasteiger partial charge in [-0.2, -0.15) is 0 Å². The molecule has 11 rings (SSSR count). The molecule has 8 aromatic rings. The van der Waals surface area contributed by atoms with Crippen LogP contribution in [0.15, 0.2) is 176 Å². The number of rotatable bonds is 3. The predicted molar refractivity (Wildman–Crippen MR) is 199 cm³/mol. The van der Waals surface area contributed by atoms with Crippen molar-refractivity contribution >= 4 is 27.8 Å². The monoisotopic (exact) mass is 607 g/mol. The maximum atomic E-state index is 2.55. The zero-order chi connectivity index (χ0) is 31.4. The SMILES string of the molecule is c1ccc(N(c2ccccc2)c2ccc3c(c2)C2(c4ccccc4-3)c3ccccc3-c3c2cc2c4c(cccc34)-c3ccccc3-2)cc1. The summed E-state index contributed by atoms with van der Waals surface area (Å²) in [5.41, 5.74) is 19.1. The molecule has 0 heterocycles. The number of anilines is 3. The van der Waals surface area contributed by atoms with Gasteiger partial charge in [-0.25, -0.2) is 0 Å². The Hall–Kier alpha value is -6.18. The molecular weight excluding hydrogens is 579 g/mol. The van der Waals surface area contributed by atoms with Crippen LogP contribution in [0.2, 0.25) is 0 Å². The molecule has 48 heavy (non-hydrogen) atoms. The van der Waals surface area contributed by atoms with Crippen molar-refractivity contribution in [2.75, 3.05) is 4.90 Å². The number of nitrogens with zero attached hydrogens (tertiary/aromatic N) is 1. The third-order valence-electron chi connectivity index (χ3n) is 11.0. The average molecular weight is 608 g/mol. The second kappa shape index (κ2) is 9.44. The lowest BCUT2D eigenvalue weighted by Crippen LogP contribution is -2.26. The van der Waals surface area contributed by atoms with Crippen molar-refractivity contribution in [3.63, 3.8) is 0 Å². The van der Waals surface area contributed by atoms with Crippen LogP contribution >= 0.6 is 0 Å². The summed E-state index contributed by atoms with van der Waals surface area (Å²) in [7, 11) is 0. The highest BCUT2D eigenvalue weighted by atomic mass is 15.1. The fourth-order valence-corrected chi connectivity index (χ4v) is 9.22. The van der Waals surface area contributed by atoms with Crippen LogP contribution in [0.1, 0.15) is 22.3 Å². The molecule has 3 aliphatic rings. The highest BCUT2D eigenvalue weighted by Crippen LogP contribution is 2.66. The molecule has 0 saturated heterocycles. The Balaban J connectivity index is 1.27. The lowest BCUT2D eigenvalue weighted by molar-refractivity contribution is 0.794. The van der Waals surface area contributed by atoms with Gasteiger partial charge in [0.15, 0.2) is 0 Å². The van der Waals surface area contributed by atoms with Gasteiger partial charge in [-0.3, -0.25) is 0 Å². The van der Waals surface area contributed by atoms with E-state index in [-0.39, 0.29) is 0 Å². The van der Waals surface area contributed by atoms with E-state index in [2.05, 4.69) is 181 Å². The lowest BCUT2D eigenvalue weighted by atomic mass is 9.70. The summed E-state index contributed by atoms with van der Waals surface area (Å²) in [5, 5.41) is 2.72. The van der Waals surface area contributed by atoms with Crippen LogP contribution in [0.4, 0.5) is 17.1 Å². The van der Waals surface area contributed by atoms with E-state index < -0.39 is 5.41 Å². The molecule has 1 nitrogen and oxygen atoms in total. The third-order valence-corrected chi connectivity index (χ3v) is 11.0. The van der Waals surface area contributed by atoms with Crippen LogP contribution in [-0.4, -0.2) is 0 Å². The molecule has 0 bridgehead atoms. The Morgan fingerprint density at radius 2 is 0.854 bits per heavy atom. The van der Waals surface area contributed by atoms with Crippen LogP contribution < -0.4 is 4.90 Å². The van der Waals surface area contributed by atoms with Gasteiger partial charge in [0.2, 0.25) is 0 Å². The zero-order valence-corrected chi connectivity index (χ0v) is 26.2. The van der Waals surface area contributed by atoms with E-state index in [1.807, 2.05) is 0 Å². The first-order valence-corrected chi connectivity index (χ1v) is 16.8. The average Bonchev–Trinajstić information content (AvgIpc) is 3.75. The van der Waals surface area contributed by atoms with Crippen molar-refractivity contribution < 1.29 is 0 Å². The van der Waals surface area contributed by atoms with Crippen LogP contribution in [0, 0.1) is 0 Å². The highest BCUT2D eigenvalue weighted by molar-refractivity contribution is 6.21. The molecule has 0 N–H and O–H groups in total. The van der Waals surface area contributed by atoms with E-state index in [4.69, 9.17) is 0 Å². The van der Waals surface area contributed by atoms with Gasteiger partial charge in [0.05, 0.1) is 5.41 Å². The lowest BCUT2D eigenvalue weighted by Gasteiger charge is -2.32. The molecule has 0 fully saturated rings. The van der Waals surface area contributed by atoms with E-state index in [0.29, 0.717) is 0 Å². The van der Waals surface area contributed by atoms with E-state index in [9.17, 15) is 0 Å². The fourth-order valence-electron chi connectivity index (χ4n) is 9.22. The number of para-hydroxylation sites is 2. The van der Waals surface area contributed by atoms with Gasteiger partial charge in [-0.15, -0.1) is 0 Å². The normalized spacial score (nSPS) is 15.6. The second-order valence-electron chi connectivity index (χ2n) is 13.2. The van der Waals surface area contributed by atoms with Crippen LogP contribution in [0.3, 0.4) is 0 Å². The molecule has 0 amide bonds. The van der Waals surface area contributed by atoms with Gasteiger partial charge in [-0.1, -0.05) is 133 Å². The van der Waals surface area contributed by atoms with Gasteiger partial charge < -0.3 is 4.90 Å².